The number of nitrogens with zero attached hydrogens (tertiary/aromatic N) is 3. The smallest absolute Gasteiger partial charge is 0.261 e. The van der Waals surface area contributed by atoms with E-state index in [-0.39, 0.29) is 6.61 Å². The molecule has 2 rings (SSSR count). The first-order chi connectivity index (χ1) is 9.15. The van der Waals surface area contributed by atoms with Crippen molar-refractivity contribution in [3.05, 3.63) is 29.7 Å². The first-order valence-corrected chi connectivity index (χ1v) is 6.02. The molecule has 2 heterocycles. The van der Waals surface area contributed by atoms with Crippen molar-refractivity contribution >= 4 is 5.65 Å². The Labute approximate surface area is 109 Å². The molecule has 0 aliphatic rings. The molecule has 104 valence electrons. The first-order valence-electron chi connectivity index (χ1n) is 6.02. The average Bonchev–Trinajstić information content (AvgIpc) is 2.72. The second-order valence-electron chi connectivity index (χ2n) is 4.19. The van der Waals surface area contributed by atoms with Gasteiger partial charge in [-0.25, -0.2) is 18.3 Å². The van der Waals surface area contributed by atoms with E-state index < -0.39 is 13.0 Å². The van der Waals surface area contributed by atoms with Gasteiger partial charge in [-0.2, -0.15) is 5.10 Å². The van der Waals surface area contributed by atoms with Crippen molar-refractivity contribution in [2.24, 2.45) is 0 Å². The lowest BCUT2D eigenvalue weighted by atomic mass is 10.3. The summed E-state index contributed by atoms with van der Waals surface area (Å²) in [5.74, 6) is 0. The van der Waals surface area contributed by atoms with Crippen LogP contribution in [0.25, 0.3) is 5.65 Å². The molecule has 0 aromatic carbocycles. The van der Waals surface area contributed by atoms with Gasteiger partial charge in [0.05, 0.1) is 12.3 Å². The summed E-state index contributed by atoms with van der Waals surface area (Å²) in [6.45, 7) is 2.78. The van der Waals surface area contributed by atoms with Crippen LogP contribution in [0, 0.1) is 6.92 Å². The fraction of sp³-hybridized carbons (Fsp3) is 0.500. The quantitative estimate of drug-likeness (QED) is 0.773. The zero-order chi connectivity index (χ0) is 13.7. The van der Waals surface area contributed by atoms with Crippen LogP contribution < -0.4 is 5.32 Å². The molecule has 0 fully saturated rings. The molecule has 0 bridgehead atoms. The van der Waals surface area contributed by atoms with Gasteiger partial charge >= 0.3 is 0 Å². The summed E-state index contributed by atoms with van der Waals surface area (Å²) in [6.07, 6.45) is 1.25. The van der Waals surface area contributed by atoms with Crippen LogP contribution in [-0.2, 0) is 11.3 Å². The lowest BCUT2D eigenvalue weighted by Gasteiger charge is -2.06. The molecule has 0 radical (unpaired) electrons. The molecule has 2 aromatic rings. The molecular weight excluding hydrogens is 254 g/mol. The first kappa shape index (κ1) is 13.8. The molecule has 19 heavy (non-hydrogen) atoms. The number of rotatable bonds is 7. The summed E-state index contributed by atoms with van der Waals surface area (Å²) in [4.78, 5) is 4.27. The van der Waals surface area contributed by atoms with Crippen LogP contribution in [0.4, 0.5) is 8.78 Å². The fourth-order valence-corrected chi connectivity index (χ4v) is 1.67. The van der Waals surface area contributed by atoms with Crippen LogP contribution in [0.1, 0.15) is 11.3 Å². The van der Waals surface area contributed by atoms with E-state index in [0.29, 0.717) is 13.1 Å². The zero-order valence-corrected chi connectivity index (χ0v) is 10.6. The van der Waals surface area contributed by atoms with Crippen molar-refractivity contribution in [3.8, 4) is 0 Å². The van der Waals surface area contributed by atoms with E-state index in [2.05, 4.69) is 15.4 Å². The highest BCUT2D eigenvalue weighted by molar-refractivity contribution is 5.38. The van der Waals surface area contributed by atoms with Gasteiger partial charge in [0.15, 0.2) is 5.65 Å². The largest absolute Gasteiger partial charge is 0.374 e. The molecule has 0 saturated heterocycles. The van der Waals surface area contributed by atoms with Crippen molar-refractivity contribution in [3.63, 3.8) is 0 Å². The van der Waals surface area contributed by atoms with Gasteiger partial charge in [0.2, 0.25) is 0 Å². The number of halogens is 2. The average molecular weight is 270 g/mol. The van der Waals surface area contributed by atoms with Gasteiger partial charge in [-0.1, -0.05) is 0 Å². The predicted molar refractivity (Wildman–Crippen MR) is 66.3 cm³/mol. The van der Waals surface area contributed by atoms with Crippen molar-refractivity contribution in [1.29, 1.82) is 0 Å². The van der Waals surface area contributed by atoms with Crippen molar-refractivity contribution in [1.82, 2.24) is 19.9 Å². The van der Waals surface area contributed by atoms with Crippen molar-refractivity contribution in [2.75, 3.05) is 19.8 Å². The molecule has 2 aromatic heterocycles. The fourth-order valence-electron chi connectivity index (χ4n) is 1.67. The number of ether oxygens (including phenoxy) is 1. The number of aromatic nitrogens is 3. The number of alkyl halides is 2. The molecule has 0 atom stereocenters. The zero-order valence-electron chi connectivity index (χ0n) is 10.6. The van der Waals surface area contributed by atoms with E-state index in [1.165, 1.54) is 0 Å². The monoisotopic (exact) mass is 270 g/mol. The minimum atomic E-state index is -2.41. The Morgan fingerprint density at radius 2 is 2.32 bits per heavy atom. The highest BCUT2D eigenvalue weighted by Gasteiger charge is 2.02. The Kier molecular flexibility index (Phi) is 4.75. The lowest BCUT2D eigenvalue weighted by Crippen LogP contribution is -2.21. The maximum Gasteiger partial charge on any atom is 0.261 e. The number of aryl methyl sites for hydroxylation is 1. The summed E-state index contributed by atoms with van der Waals surface area (Å²) in [7, 11) is 0. The number of nitrogens with one attached hydrogen (secondary N) is 1. The number of hydrogen-bond acceptors (Lipinski definition) is 4. The summed E-state index contributed by atoms with van der Waals surface area (Å²) < 4.78 is 30.1. The SMILES string of the molecule is Cc1cc2ncc(CNCCOCC(F)F)cn2n1. The summed E-state index contributed by atoms with van der Waals surface area (Å²) in [5.41, 5.74) is 2.70. The van der Waals surface area contributed by atoms with Crippen LogP contribution >= 0.6 is 0 Å². The molecular formula is C12H16F2N4O. The molecule has 0 saturated carbocycles. The second kappa shape index (κ2) is 6.53. The van der Waals surface area contributed by atoms with Crippen molar-refractivity contribution in [2.45, 2.75) is 19.9 Å². The van der Waals surface area contributed by atoms with E-state index in [1.54, 1.807) is 10.7 Å². The standard InChI is InChI=1S/C12H16F2N4O/c1-9-4-12-16-6-10(7-18(12)17-9)5-15-2-3-19-8-11(13)14/h4,6-7,11,15H,2-3,5,8H2,1H3. The molecule has 0 aliphatic carbocycles. The molecule has 5 nitrogen and oxygen atoms in total. The van der Waals surface area contributed by atoms with E-state index >= 15 is 0 Å². The highest BCUT2D eigenvalue weighted by atomic mass is 19.3. The van der Waals surface area contributed by atoms with Crippen LogP contribution in [0.15, 0.2) is 18.5 Å². The normalized spacial score (nSPS) is 11.6. The van der Waals surface area contributed by atoms with Gasteiger partial charge < -0.3 is 10.1 Å². The van der Waals surface area contributed by atoms with E-state index in [1.807, 2.05) is 19.2 Å². The maximum absolute atomic E-state index is 11.8. The Morgan fingerprint density at radius 3 is 3.11 bits per heavy atom. The minimum absolute atomic E-state index is 0.265. The third kappa shape index (κ3) is 4.22. The summed E-state index contributed by atoms with van der Waals surface area (Å²) in [5, 5.41) is 7.37. The van der Waals surface area contributed by atoms with Gasteiger partial charge in [0.1, 0.15) is 6.61 Å². The van der Waals surface area contributed by atoms with E-state index in [9.17, 15) is 8.78 Å². The number of fused-ring (bicyclic) bond motifs is 1. The molecule has 0 spiro atoms. The molecule has 0 aliphatic heterocycles. The minimum Gasteiger partial charge on any atom is -0.374 e. The molecule has 7 heteroatoms. The number of hydrogen-bond donors (Lipinski definition) is 1. The van der Waals surface area contributed by atoms with Gasteiger partial charge in [0, 0.05) is 37.1 Å². The third-order valence-electron chi connectivity index (χ3n) is 2.49. The van der Waals surface area contributed by atoms with Crippen LogP contribution in [0.3, 0.4) is 0 Å². The van der Waals surface area contributed by atoms with E-state index in [0.717, 1.165) is 16.9 Å². The Bertz CT molecular complexity index is 529. The maximum atomic E-state index is 11.8. The molecule has 0 amide bonds. The van der Waals surface area contributed by atoms with Gasteiger partial charge in [-0.3, -0.25) is 0 Å². The van der Waals surface area contributed by atoms with E-state index in [4.69, 9.17) is 4.74 Å². The Hall–Kier alpha value is -1.60. The predicted octanol–water partition coefficient (Wildman–Crippen LogP) is 1.41. The Balaban J connectivity index is 1.75. The van der Waals surface area contributed by atoms with Gasteiger partial charge in [-0.05, 0) is 6.92 Å². The highest BCUT2D eigenvalue weighted by Crippen LogP contribution is 2.04. The second-order valence-corrected chi connectivity index (χ2v) is 4.19. The van der Waals surface area contributed by atoms with Crippen LogP contribution in [-0.4, -0.2) is 40.8 Å². The topological polar surface area (TPSA) is 51.5 Å². The van der Waals surface area contributed by atoms with Crippen LogP contribution in [0.2, 0.25) is 0 Å². The third-order valence-corrected chi connectivity index (χ3v) is 2.49. The Morgan fingerprint density at radius 1 is 1.47 bits per heavy atom. The molecule has 0 unspecified atom stereocenters. The summed E-state index contributed by atoms with van der Waals surface area (Å²) in [6, 6.07) is 1.90. The summed E-state index contributed by atoms with van der Waals surface area (Å²) >= 11 is 0. The van der Waals surface area contributed by atoms with Crippen molar-refractivity contribution < 1.29 is 13.5 Å². The van der Waals surface area contributed by atoms with Gasteiger partial charge in [0.25, 0.3) is 6.43 Å². The molecule has 1 N–H and O–H groups in total. The van der Waals surface area contributed by atoms with Gasteiger partial charge in [-0.15, -0.1) is 0 Å². The van der Waals surface area contributed by atoms with Crippen LogP contribution in [0.5, 0.6) is 0 Å². The lowest BCUT2D eigenvalue weighted by molar-refractivity contribution is 0.0187.